The zero-order chi connectivity index (χ0) is 28.0. The molecule has 0 heterocycles. The van der Waals surface area contributed by atoms with Gasteiger partial charge in [-0.15, -0.1) is 0 Å². The number of hydrogen-bond acceptors (Lipinski definition) is 3. The standard InChI is InChI=1S/C32H47Cl2NO3/c1-5-6-7-8-9-10-11-12-13-14-15-16-17-19-25-20-18-21-26(22-25)38-32(3,4)31(37)35-28-23-27(33)24(2)29(34)30(28)36/h18,20-23,36H,5-17,19H2,1-4H3,(H,35,37). The van der Waals surface area contributed by atoms with Gasteiger partial charge in [-0.25, -0.2) is 0 Å². The van der Waals surface area contributed by atoms with Crippen molar-refractivity contribution in [2.45, 2.75) is 123 Å². The Morgan fingerprint density at radius 1 is 0.895 bits per heavy atom. The monoisotopic (exact) mass is 563 g/mol. The number of phenolic OH excluding ortho intramolecular Hbond substituents is 1. The maximum atomic E-state index is 13.0. The van der Waals surface area contributed by atoms with Crippen LogP contribution in [0.5, 0.6) is 11.5 Å². The Labute approximate surface area is 240 Å². The van der Waals surface area contributed by atoms with Gasteiger partial charge in [-0.05, 0) is 62.9 Å². The second-order valence-corrected chi connectivity index (χ2v) is 11.7. The number of amides is 1. The smallest absolute Gasteiger partial charge is 0.268 e. The summed E-state index contributed by atoms with van der Waals surface area (Å²) in [6.45, 7) is 7.35. The minimum atomic E-state index is -1.18. The quantitative estimate of drug-likeness (QED) is 0.140. The van der Waals surface area contributed by atoms with Gasteiger partial charge in [0.2, 0.25) is 0 Å². The third-order valence-corrected chi connectivity index (χ3v) is 7.91. The zero-order valence-electron chi connectivity index (χ0n) is 23.8. The van der Waals surface area contributed by atoms with Crippen LogP contribution in [-0.2, 0) is 11.2 Å². The van der Waals surface area contributed by atoms with Gasteiger partial charge in [-0.1, -0.05) is 119 Å². The first-order valence-electron chi connectivity index (χ1n) is 14.4. The van der Waals surface area contributed by atoms with E-state index in [0.717, 1.165) is 12.8 Å². The van der Waals surface area contributed by atoms with Crippen molar-refractivity contribution in [3.63, 3.8) is 0 Å². The predicted octanol–water partition coefficient (Wildman–Crippen LogP) is 10.4. The molecule has 0 saturated heterocycles. The Hall–Kier alpha value is -1.91. The summed E-state index contributed by atoms with van der Waals surface area (Å²) in [7, 11) is 0. The summed E-state index contributed by atoms with van der Waals surface area (Å²) in [4.78, 5) is 13.0. The van der Waals surface area contributed by atoms with E-state index in [4.69, 9.17) is 27.9 Å². The number of halogens is 2. The first-order chi connectivity index (χ1) is 18.2. The van der Waals surface area contributed by atoms with Gasteiger partial charge >= 0.3 is 0 Å². The van der Waals surface area contributed by atoms with Crippen molar-refractivity contribution < 1.29 is 14.6 Å². The number of aromatic hydroxyl groups is 1. The fourth-order valence-corrected chi connectivity index (χ4v) is 4.98. The molecular weight excluding hydrogens is 517 g/mol. The van der Waals surface area contributed by atoms with Gasteiger partial charge < -0.3 is 15.2 Å². The maximum absolute atomic E-state index is 13.0. The van der Waals surface area contributed by atoms with Crippen LogP contribution >= 0.6 is 23.2 Å². The van der Waals surface area contributed by atoms with E-state index in [1.54, 1.807) is 20.8 Å². The van der Waals surface area contributed by atoms with Gasteiger partial charge in [0.15, 0.2) is 11.4 Å². The molecule has 0 atom stereocenters. The van der Waals surface area contributed by atoms with Gasteiger partial charge in [0.1, 0.15) is 5.75 Å². The molecule has 0 spiro atoms. The number of anilines is 1. The molecule has 0 aliphatic carbocycles. The number of carbonyl (C=O) groups excluding carboxylic acids is 1. The number of ether oxygens (including phenoxy) is 1. The molecule has 6 heteroatoms. The molecule has 2 aromatic carbocycles. The molecule has 0 aromatic heterocycles. The lowest BCUT2D eigenvalue weighted by Crippen LogP contribution is -2.42. The Balaban J connectivity index is 1.71. The van der Waals surface area contributed by atoms with Crippen molar-refractivity contribution in [3.8, 4) is 11.5 Å². The zero-order valence-corrected chi connectivity index (χ0v) is 25.3. The van der Waals surface area contributed by atoms with Crippen molar-refractivity contribution in [1.82, 2.24) is 0 Å². The largest absolute Gasteiger partial charge is 0.504 e. The van der Waals surface area contributed by atoms with Gasteiger partial charge in [0.25, 0.3) is 5.91 Å². The summed E-state index contributed by atoms with van der Waals surface area (Å²) in [5.74, 6) is 0.0183. The number of aryl methyl sites for hydroxylation is 1. The Bertz CT molecular complexity index is 1010. The topological polar surface area (TPSA) is 58.6 Å². The van der Waals surface area contributed by atoms with Crippen LogP contribution in [0.1, 0.15) is 115 Å². The molecule has 212 valence electrons. The molecule has 0 unspecified atom stereocenters. The summed E-state index contributed by atoms with van der Waals surface area (Å²) in [5, 5.41) is 13.5. The van der Waals surface area contributed by atoms with E-state index >= 15 is 0 Å². The van der Waals surface area contributed by atoms with E-state index in [1.807, 2.05) is 18.2 Å². The van der Waals surface area contributed by atoms with Crippen LogP contribution < -0.4 is 10.1 Å². The van der Waals surface area contributed by atoms with Crippen LogP contribution in [0.3, 0.4) is 0 Å². The maximum Gasteiger partial charge on any atom is 0.268 e. The number of unbranched alkanes of at least 4 members (excludes halogenated alkanes) is 12. The molecule has 4 nitrogen and oxygen atoms in total. The Morgan fingerprint density at radius 3 is 2.03 bits per heavy atom. The molecule has 0 saturated carbocycles. The minimum Gasteiger partial charge on any atom is -0.504 e. The van der Waals surface area contributed by atoms with Gasteiger partial charge in [0, 0.05) is 5.02 Å². The van der Waals surface area contributed by atoms with Crippen LogP contribution in [0.25, 0.3) is 0 Å². The summed E-state index contributed by atoms with van der Waals surface area (Å²) in [6.07, 6.45) is 18.5. The SMILES string of the molecule is CCCCCCCCCCCCCCCc1cccc(OC(C)(C)C(=O)Nc2cc(Cl)c(C)c(Cl)c2O)c1. The fraction of sp³-hybridized carbons (Fsp3) is 0.594. The van der Waals surface area contributed by atoms with Gasteiger partial charge in [0.05, 0.1) is 10.7 Å². The molecule has 0 radical (unpaired) electrons. The number of nitrogens with one attached hydrogen (secondary N) is 1. The molecule has 2 rings (SSSR count). The number of carbonyl (C=O) groups is 1. The summed E-state index contributed by atoms with van der Waals surface area (Å²) < 4.78 is 6.06. The van der Waals surface area contributed by atoms with Crippen molar-refractivity contribution in [2.75, 3.05) is 5.32 Å². The molecule has 0 bridgehead atoms. The van der Waals surface area contributed by atoms with Crippen LogP contribution in [0.4, 0.5) is 5.69 Å². The summed E-state index contributed by atoms with van der Waals surface area (Å²) in [6, 6.07) is 9.43. The highest BCUT2D eigenvalue weighted by atomic mass is 35.5. The van der Waals surface area contributed by atoms with Gasteiger partial charge in [-0.3, -0.25) is 4.79 Å². The van der Waals surface area contributed by atoms with E-state index in [9.17, 15) is 9.90 Å². The van der Waals surface area contributed by atoms with E-state index in [1.165, 1.54) is 88.7 Å². The van der Waals surface area contributed by atoms with Crippen molar-refractivity contribution in [1.29, 1.82) is 0 Å². The first kappa shape index (κ1) is 32.3. The summed E-state index contributed by atoms with van der Waals surface area (Å²) in [5.41, 5.74) is 0.740. The van der Waals surface area contributed by atoms with Crippen molar-refractivity contribution in [3.05, 3.63) is 51.5 Å². The lowest BCUT2D eigenvalue weighted by atomic mass is 10.0. The van der Waals surface area contributed by atoms with Crippen LogP contribution in [0.2, 0.25) is 10.0 Å². The second-order valence-electron chi connectivity index (χ2n) is 10.9. The third kappa shape index (κ3) is 11.1. The molecule has 2 aromatic rings. The Morgan fingerprint density at radius 2 is 1.45 bits per heavy atom. The molecule has 0 fully saturated rings. The second kappa shape index (κ2) is 16.9. The van der Waals surface area contributed by atoms with E-state index < -0.39 is 11.5 Å². The highest BCUT2D eigenvalue weighted by Gasteiger charge is 2.31. The first-order valence-corrected chi connectivity index (χ1v) is 15.2. The average molecular weight is 565 g/mol. The van der Waals surface area contributed by atoms with Crippen molar-refractivity contribution in [2.24, 2.45) is 0 Å². The number of phenols is 1. The predicted molar refractivity (Wildman–Crippen MR) is 162 cm³/mol. The van der Waals surface area contributed by atoms with E-state index in [0.29, 0.717) is 16.3 Å². The van der Waals surface area contributed by atoms with Crippen LogP contribution in [-0.4, -0.2) is 16.6 Å². The molecule has 1 amide bonds. The summed E-state index contributed by atoms with van der Waals surface area (Å²) >= 11 is 12.3. The lowest BCUT2D eigenvalue weighted by molar-refractivity contribution is -0.128. The highest BCUT2D eigenvalue weighted by Crippen LogP contribution is 2.39. The highest BCUT2D eigenvalue weighted by molar-refractivity contribution is 6.37. The minimum absolute atomic E-state index is 0.118. The van der Waals surface area contributed by atoms with Crippen LogP contribution in [0.15, 0.2) is 30.3 Å². The number of hydrogen-bond donors (Lipinski definition) is 2. The molecule has 0 aliphatic heterocycles. The fourth-order valence-electron chi connectivity index (χ4n) is 4.52. The molecule has 2 N–H and O–H groups in total. The third-order valence-electron chi connectivity index (χ3n) is 7.06. The normalized spacial score (nSPS) is 11.5. The van der Waals surface area contributed by atoms with Crippen molar-refractivity contribution >= 4 is 34.8 Å². The molecular formula is C32H47Cl2NO3. The van der Waals surface area contributed by atoms with Crippen LogP contribution in [0, 0.1) is 6.92 Å². The number of benzene rings is 2. The Kier molecular flexibility index (Phi) is 14.4. The van der Waals surface area contributed by atoms with E-state index in [-0.39, 0.29) is 16.5 Å². The lowest BCUT2D eigenvalue weighted by Gasteiger charge is -2.26. The van der Waals surface area contributed by atoms with E-state index in [2.05, 4.69) is 18.3 Å². The molecule has 38 heavy (non-hydrogen) atoms. The molecule has 0 aliphatic rings. The van der Waals surface area contributed by atoms with Gasteiger partial charge in [-0.2, -0.15) is 0 Å². The average Bonchev–Trinajstić information content (AvgIpc) is 2.88. The number of rotatable bonds is 18.